The van der Waals surface area contributed by atoms with E-state index in [0.717, 1.165) is 11.1 Å². The summed E-state index contributed by atoms with van der Waals surface area (Å²) in [6.07, 6.45) is 1.99. The van der Waals surface area contributed by atoms with Gasteiger partial charge in [-0.2, -0.15) is 4.39 Å². The van der Waals surface area contributed by atoms with Gasteiger partial charge in [0.25, 0.3) is 5.91 Å². The first-order valence-corrected chi connectivity index (χ1v) is 9.69. The zero-order chi connectivity index (χ0) is 20.8. The number of likely N-dealkylation sites (tertiary alicyclic amines) is 1. The van der Waals surface area contributed by atoms with Gasteiger partial charge >= 0.3 is 0 Å². The molecule has 0 saturated carbocycles. The van der Waals surface area contributed by atoms with Crippen molar-refractivity contribution in [1.29, 1.82) is 0 Å². The van der Waals surface area contributed by atoms with Crippen molar-refractivity contribution in [3.8, 4) is 0 Å². The number of benzene rings is 1. The van der Waals surface area contributed by atoms with Crippen LogP contribution in [0.15, 0.2) is 48.7 Å². The molecule has 7 heteroatoms. The highest BCUT2D eigenvalue weighted by Gasteiger charge is 2.45. The topological polar surface area (TPSA) is 61.1 Å². The number of fused-ring (bicyclic) bond motifs is 1. The van der Waals surface area contributed by atoms with E-state index in [1.54, 1.807) is 17.2 Å². The number of hydrogen-bond donors (Lipinski definition) is 1. The number of carbonyl (C=O) groups excluding carboxylic acids is 1. The van der Waals surface area contributed by atoms with E-state index in [0.29, 0.717) is 18.6 Å². The molecule has 3 aromatic rings. The Kier molecular flexibility index (Phi) is 4.88. The van der Waals surface area contributed by atoms with E-state index in [2.05, 4.69) is 4.98 Å². The number of hydrogen-bond acceptors (Lipinski definition) is 4. The van der Waals surface area contributed by atoms with Gasteiger partial charge in [0.05, 0.1) is 6.04 Å². The van der Waals surface area contributed by atoms with Crippen LogP contribution in [0.3, 0.4) is 0 Å². The van der Waals surface area contributed by atoms with Crippen LogP contribution in [0.5, 0.6) is 0 Å². The molecule has 0 bridgehead atoms. The normalized spacial score (nSPS) is 22.4. The molecule has 0 aliphatic carbocycles. The fourth-order valence-corrected chi connectivity index (χ4v) is 4.17. The second-order valence-electron chi connectivity index (χ2n) is 7.96. The second kappa shape index (κ2) is 7.24. The maximum absolute atomic E-state index is 14.9. The van der Waals surface area contributed by atoms with Crippen LogP contribution < -0.4 is 0 Å². The molecule has 1 N–H and O–H groups in total. The molecule has 29 heavy (non-hydrogen) atoms. The van der Waals surface area contributed by atoms with Gasteiger partial charge in [-0.3, -0.25) is 9.20 Å². The number of pyridine rings is 1. The first kappa shape index (κ1) is 19.5. The summed E-state index contributed by atoms with van der Waals surface area (Å²) in [5, 5.41) is 11.5. The Labute approximate surface area is 169 Å². The van der Waals surface area contributed by atoms with Crippen molar-refractivity contribution in [2.45, 2.75) is 25.0 Å². The van der Waals surface area contributed by atoms with Gasteiger partial charge in [0.1, 0.15) is 11.2 Å². The number of rotatable bonds is 3. The Morgan fingerprint density at radius 2 is 1.97 bits per heavy atom. The molecule has 1 saturated heterocycles. The number of piperidine rings is 1. The first-order valence-electron chi connectivity index (χ1n) is 9.69. The molecule has 0 radical (unpaired) electrons. The summed E-state index contributed by atoms with van der Waals surface area (Å²) in [7, 11) is 3.75. The van der Waals surface area contributed by atoms with Crippen LogP contribution in [0.25, 0.3) is 5.65 Å². The van der Waals surface area contributed by atoms with Gasteiger partial charge in [0.2, 0.25) is 5.95 Å². The number of imidazole rings is 1. The van der Waals surface area contributed by atoms with Crippen molar-refractivity contribution in [3.05, 3.63) is 71.4 Å². The highest BCUT2D eigenvalue weighted by molar-refractivity contribution is 5.93. The van der Waals surface area contributed by atoms with Crippen LogP contribution in [0.4, 0.5) is 4.39 Å². The number of likely N-dealkylation sites (N-methyl/N-ethyl adjacent to an activating group) is 1. The quantitative estimate of drug-likeness (QED) is 0.739. The summed E-state index contributed by atoms with van der Waals surface area (Å²) in [6, 6.07) is 12.7. The lowest BCUT2D eigenvalue weighted by atomic mass is 9.79. The zero-order valence-electron chi connectivity index (χ0n) is 16.8. The van der Waals surface area contributed by atoms with Crippen LogP contribution in [-0.4, -0.2) is 63.4 Å². The summed E-state index contributed by atoms with van der Waals surface area (Å²) < 4.78 is 16.2. The smallest absolute Gasteiger partial charge is 0.277 e. The van der Waals surface area contributed by atoms with Gasteiger partial charge in [0.15, 0.2) is 5.69 Å². The molecule has 0 spiro atoms. The molecular formula is C22H25FN4O2. The zero-order valence-corrected chi connectivity index (χ0v) is 16.8. The number of aromatic nitrogens is 2. The predicted molar refractivity (Wildman–Crippen MR) is 108 cm³/mol. The molecular weight excluding hydrogens is 371 g/mol. The van der Waals surface area contributed by atoms with E-state index in [9.17, 15) is 14.3 Å². The fourth-order valence-electron chi connectivity index (χ4n) is 4.17. The molecule has 1 fully saturated rings. The SMILES string of the molecule is Cc1ccc2nc(C(=O)N3CC[C@](O)(c4ccccc4)[C@H](N(C)C)C3)c(F)n2c1. The predicted octanol–water partition coefficient (Wildman–Crippen LogP) is 2.45. The minimum atomic E-state index is -1.09. The highest BCUT2D eigenvalue weighted by Crippen LogP contribution is 2.35. The Hall–Kier alpha value is -2.77. The van der Waals surface area contributed by atoms with Gasteiger partial charge in [-0.25, -0.2) is 4.98 Å². The van der Waals surface area contributed by atoms with Crippen molar-refractivity contribution < 1.29 is 14.3 Å². The van der Waals surface area contributed by atoms with Crippen LogP contribution in [0.1, 0.15) is 28.0 Å². The van der Waals surface area contributed by atoms with Crippen molar-refractivity contribution in [2.24, 2.45) is 0 Å². The van der Waals surface area contributed by atoms with Gasteiger partial charge in [-0.15, -0.1) is 0 Å². The Morgan fingerprint density at radius 1 is 1.24 bits per heavy atom. The average molecular weight is 396 g/mol. The third kappa shape index (κ3) is 3.30. The Balaban J connectivity index is 1.64. The van der Waals surface area contributed by atoms with Crippen LogP contribution in [0.2, 0.25) is 0 Å². The summed E-state index contributed by atoms with van der Waals surface area (Å²) in [6.45, 7) is 2.46. The lowest BCUT2D eigenvalue weighted by Gasteiger charge is -2.47. The average Bonchev–Trinajstić information content (AvgIpc) is 3.04. The first-order chi connectivity index (χ1) is 13.8. The molecule has 1 amide bonds. The van der Waals surface area contributed by atoms with Gasteiger partial charge in [-0.1, -0.05) is 36.4 Å². The maximum Gasteiger partial charge on any atom is 0.277 e. The number of aliphatic hydroxyl groups is 1. The van der Waals surface area contributed by atoms with E-state index >= 15 is 0 Å². The van der Waals surface area contributed by atoms with Crippen LogP contribution >= 0.6 is 0 Å². The summed E-state index contributed by atoms with van der Waals surface area (Å²) in [5.74, 6) is -1.11. The van der Waals surface area contributed by atoms with E-state index in [4.69, 9.17) is 0 Å². The Bertz CT molecular complexity index is 1050. The molecule has 2 atom stereocenters. The lowest BCUT2D eigenvalue weighted by Crippen LogP contribution is -2.60. The van der Waals surface area contributed by atoms with E-state index < -0.39 is 17.5 Å². The fraction of sp³-hybridized carbons (Fsp3) is 0.364. The highest BCUT2D eigenvalue weighted by atomic mass is 19.1. The summed E-state index contributed by atoms with van der Waals surface area (Å²) >= 11 is 0. The third-order valence-electron chi connectivity index (χ3n) is 5.80. The molecule has 2 aromatic heterocycles. The van der Waals surface area contributed by atoms with Crippen molar-refractivity contribution in [2.75, 3.05) is 27.2 Å². The molecule has 152 valence electrons. The molecule has 3 heterocycles. The molecule has 1 aliphatic heterocycles. The van der Waals surface area contributed by atoms with Crippen molar-refractivity contribution in [3.63, 3.8) is 0 Å². The summed E-state index contributed by atoms with van der Waals surface area (Å²) in [4.78, 5) is 20.8. The Morgan fingerprint density at radius 3 is 2.66 bits per heavy atom. The number of halogens is 1. The van der Waals surface area contributed by atoms with Gasteiger partial charge in [-0.05, 0) is 44.6 Å². The maximum atomic E-state index is 14.9. The standard InChI is InChI=1S/C22H25FN4O2/c1-15-9-10-18-24-19(20(23)27(18)13-15)21(28)26-12-11-22(29,17(14-26)25(2)3)16-7-5-4-6-8-16/h4-10,13,17,29H,11-12,14H2,1-3H3/t17-,22+/m1/s1. The molecule has 0 unspecified atom stereocenters. The van der Waals surface area contributed by atoms with E-state index in [-0.39, 0.29) is 18.3 Å². The van der Waals surface area contributed by atoms with Gasteiger partial charge in [0, 0.05) is 19.3 Å². The number of carbonyl (C=O) groups is 1. The molecule has 4 rings (SSSR count). The lowest BCUT2D eigenvalue weighted by molar-refractivity contribution is -0.0811. The largest absolute Gasteiger partial charge is 0.383 e. The molecule has 6 nitrogen and oxygen atoms in total. The third-order valence-corrected chi connectivity index (χ3v) is 5.80. The minimum absolute atomic E-state index is 0.182. The van der Waals surface area contributed by atoms with Gasteiger partial charge < -0.3 is 14.9 Å². The van der Waals surface area contributed by atoms with E-state index in [1.807, 2.05) is 62.3 Å². The molecule has 1 aromatic carbocycles. The number of aryl methyl sites for hydroxylation is 1. The molecule has 1 aliphatic rings. The summed E-state index contributed by atoms with van der Waals surface area (Å²) in [5.41, 5.74) is 0.832. The monoisotopic (exact) mass is 396 g/mol. The van der Waals surface area contributed by atoms with Crippen LogP contribution in [-0.2, 0) is 5.60 Å². The number of amides is 1. The minimum Gasteiger partial charge on any atom is -0.383 e. The number of nitrogens with zero attached hydrogens (tertiary/aromatic N) is 4. The van der Waals surface area contributed by atoms with E-state index in [1.165, 1.54) is 4.40 Å². The van der Waals surface area contributed by atoms with Crippen molar-refractivity contribution >= 4 is 11.6 Å². The van der Waals surface area contributed by atoms with Crippen LogP contribution in [0, 0.1) is 12.9 Å². The van der Waals surface area contributed by atoms with Crippen molar-refractivity contribution in [1.82, 2.24) is 19.2 Å². The second-order valence-corrected chi connectivity index (χ2v) is 7.96.